The number of allylic oxidation sites excluding steroid dienone is 1. The Morgan fingerprint density at radius 2 is 2.03 bits per heavy atom. The molecule has 0 aromatic carbocycles. The van der Waals surface area contributed by atoms with Gasteiger partial charge in [-0.2, -0.15) is 0 Å². The second-order valence-electron chi connectivity index (χ2n) is 11.1. The third-order valence-corrected chi connectivity index (χ3v) is 9.62. The first-order chi connectivity index (χ1) is 14.3. The van der Waals surface area contributed by atoms with Crippen molar-refractivity contribution < 1.29 is 19.4 Å². The number of carboxylic acids is 1. The SMILES string of the molecule is CCCCCCOC[C@]12C[C@H]3[C@@H](C)CC[C@@H]3[C@]3(C=O)C[C@H]1C=C(C(C)C)[C@]23C(=O)O. The van der Waals surface area contributed by atoms with E-state index in [1.807, 2.05) is 0 Å². The molecule has 4 aliphatic rings. The summed E-state index contributed by atoms with van der Waals surface area (Å²) in [6, 6.07) is 0. The van der Waals surface area contributed by atoms with Gasteiger partial charge in [-0.3, -0.25) is 4.79 Å². The van der Waals surface area contributed by atoms with E-state index in [1.54, 1.807) is 0 Å². The maximum absolute atomic E-state index is 13.3. The van der Waals surface area contributed by atoms with Crippen LogP contribution in [0.3, 0.4) is 0 Å². The van der Waals surface area contributed by atoms with Crippen molar-refractivity contribution in [2.45, 2.75) is 79.1 Å². The van der Waals surface area contributed by atoms with E-state index in [-0.39, 0.29) is 17.8 Å². The van der Waals surface area contributed by atoms with Crippen LogP contribution in [-0.4, -0.2) is 30.6 Å². The summed E-state index contributed by atoms with van der Waals surface area (Å²) in [5.74, 6) is 0.698. The number of hydrogen-bond acceptors (Lipinski definition) is 3. The molecule has 30 heavy (non-hydrogen) atoms. The Kier molecular flexibility index (Phi) is 5.70. The van der Waals surface area contributed by atoms with Crippen molar-refractivity contribution in [1.82, 2.24) is 0 Å². The largest absolute Gasteiger partial charge is 0.481 e. The first kappa shape index (κ1) is 22.0. The van der Waals surface area contributed by atoms with Crippen LogP contribution in [-0.2, 0) is 14.3 Å². The van der Waals surface area contributed by atoms with Crippen LogP contribution in [0.15, 0.2) is 11.6 Å². The number of hydrogen-bond donors (Lipinski definition) is 1. The van der Waals surface area contributed by atoms with Gasteiger partial charge in [-0.05, 0) is 55.3 Å². The Morgan fingerprint density at radius 3 is 2.67 bits per heavy atom. The predicted molar refractivity (Wildman–Crippen MR) is 117 cm³/mol. The van der Waals surface area contributed by atoms with E-state index in [1.165, 1.54) is 12.8 Å². The predicted octanol–water partition coefficient (Wildman–Crippen LogP) is 5.51. The zero-order chi connectivity index (χ0) is 21.7. The standard InChI is InChI=1S/C26H40O4/c1-5-6-7-8-11-30-16-25-14-20-18(4)9-10-21(20)24(15-27)13-19(25)12-22(17(2)3)26(24,25)23(28)29/h12,15,17-21H,5-11,13-14,16H2,1-4H3,(H,28,29)/t18-,19+,20-,21-,24+,25+,26+/m0/s1. The molecule has 0 saturated heterocycles. The van der Waals surface area contributed by atoms with Crippen molar-refractivity contribution in [2.75, 3.05) is 13.2 Å². The molecule has 4 heteroatoms. The highest BCUT2D eigenvalue weighted by atomic mass is 16.5. The van der Waals surface area contributed by atoms with Crippen LogP contribution < -0.4 is 0 Å². The summed E-state index contributed by atoms with van der Waals surface area (Å²) in [6.45, 7) is 9.87. The maximum Gasteiger partial charge on any atom is 0.315 e. The van der Waals surface area contributed by atoms with E-state index in [0.29, 0.717) is 31.5 Å². The quantitative estimate of drug-likeness (QED) is 0.290. The average molecular weight is 417 g/mol. The molecule has 7 atom stereocenters. The molecule has 0 aromatic rings. The molecule has 4 aliphatic carbocycles. The van der Waals surface area contributed by atoms with E-state index in [2.05, 4.69) is 33.8 Å². The van der Waals surface area contributed by atoms with Gasteiger partial charge in [0.05, 0.1) is 12.0 Å². The fraction of sp³-hybridized carbons (Fsp3) is 0.846. The number of fused-ring (bicyclic) bond motifs is 2. The Bertz CT molecular complexity index is 727. The third kappa shape index (κ3) is 2.55. The molecular formula is C26H40O4. The van der Waals surface area contributed by atoms with Gasteiger partial charge in [-0.15, -0.1) is 0 Å². The number of carbonyl (C=O) groups excluding carboxylic acids is 1. The number of carbonyl (C=O) groups is 2. The van der Waals surface area contributed by atoms with E-state index >= 15 is 0 Å². The first-order valence-corrected chi connectivity index (χ1v) is 12.3. The summed E-state index contributed by atoms with van der Waals surface area (Å²) in [5, 5.41) is 10.9. The van der Waals surface area contributed by atoms with Crippen molar-refractivity contribution in [3.8, 4) is 0 Å². The third-order valence-electron chi connectivity index (χ3n) is 9.62. The zero-order valence-electron chi connectivity index (χ0n) is 19.3. The minimum atomic E-state index is -1.09. The Balaban J connectivity index is 1.75. The van der Waals surface area contributed by atoms with Crippen molar-refractivity contribution in [3.05, 3.63) is 11.6 Å². The summed E-state index contributed by atoms with van der Waals surface area (Å²) in [6.07, 6.45) is 11.6. The average Bonchev–Trinajstić information content (AvgIpc) is 3.27. The van der Waals surface area contributed by atoms with Crippen LogP contribution >= 0.6 is 0 Å². The molecule has 1 N–H and O–H groups in total. The maximum atomic E-state index is 13.3. The fourth-order valence-corrected chi connectivity index (χ4v) is 8.52. The fourth-order valence-electron chi connectivity index (χ4n) is 8.52. The lowest BCUT2D eigenvalue weighted by molar-refractivity contribution is -0.186. The van der Waals surface area contributed by atoms with Gasteiger partial charge in [-0.25, -0.2) is 0 Å². The minimum absolute atomic E-state index is 0.130. The highest BCUT2D eigenvalue weighted by Crippen LogP contribution is 2.82. The number of aliphatic carboxylic acids is 1. The topological polar surface area (TPSA) is 63.6 Å². The van der Waals surface area contributed by atoms with Crippen molar-refractivity contribution in [1.29, 1.82) is 0 Å². The molecule has 0 unspecified atom stereocenters. The van der Waals surface area contributed by atoms with Crippen molar-refractivity contribution in [2.24, 2.45) is 45.8 Å². The number of carboxylic acid groups (broad SMARTS) is 1. The lowest BCUT2D eigenvalue weighted by Crippen LogP contribution is -2.63. The van der Waals surface area contributed by atoms with E-state index < -0.39 is 22.2 Å². The monoisotopic (exact) mass is 416 g/mol. The Labute approximate surface area is 181 Å². The summed E-state index contributed by atoms with van der Waals surface area (Å²) in [7, 11) is 0. The molecule has 0 aromatic heterocycles. The molecule has 0 radical (unpaired) electrons. The van der Waals surface area contributed by atoms with Crippen LogP contribution in [0.5, 0.6) is 0 Å². The molecule has 4 nitrogen and oxygen atoms in total. The smallest absolute Gasteiger partial charge is 0.315 e. The van der Waals surface area contributed by atoms with E-state index in [4.69, 9.17) is 4.74 Å². The summed E-state index contributed by atoms with van der Waals surface area (Å²) >= 11 is 0. The molecule has 3 fully saturated rings. The zero-order valence-corrected chi connectivity index (χ0v) is 19.3. The van der Waals surface area contributed by atoms with Gasteiger partial charge < -0.3 is 14.6 Å². The van der Waals surface area contributed by atoms with Crippen LogP contribution in [0.1, 0.15) is 79.1 Å². The molecule has 3 saturated carbocycles. The van der Waals surface area contributed by atoms with E-state index in [9.17, 15) is 14.7 Å². The number of unbranched alkanes of at least 4 members (excludes halogenated alkanes) is 3. The molecule has 0 spiro atoms. The van der Waals surface area contributed by atoms with Crippen LogP contribution in [0, 0.1) is 45.8 Å². The normalized spacial score (nSPS) is 43.7. The van der Waals surface area contributed by atoms with Gasteiger partial charge in [0.1, 0.15) is 11.7 Å². The van der Waals surface area contributed by atoms with Gasteiger partial charge in [0.15, 0.2) is 0 Å². The first-order valence-electron chi connectivity index (χ1n) is 12.3. The summed E-state index contributed by atoms with van der Waals surface area (Å²) < 4.78 is 6.29. The summed E-state index contributed by atoms with van der Waals surface area (Å²) in [4.78, 5) is 26.2. The summed E-state index contributed by atoms with van der Waals surface area (Å²) in [5.41, 5.74) is -1.32. The Hall–Kier alpha value is -1.16. The molecule has 0 aliphatic heterocycles. The number of aldehydes is 1. The minimum Gasteiger partial charge on any atom is -0.481 e. The molecule has 4 rings (SSSR count). The molecular weight excluding hydrogens is 376 g/mol. The van der Waals surface area contributed by atoms with Crippen LogP contribution in [0.4, 0.5) is 0 Å². The van der Waals surface area contributed by atoms with Crippen molar-refractivity contribution in [3.63, 3.8) is 0 Å². The Morgan fingerprint density at radius 1 is 1.27 bits per heavy atom. The highest BCUT2D eigenvalue weighted by Gasteiger charge is 2.84. The molecule has 168 valence electrons. The number of rotatable bonds is 10. The number of ether oxygens (including phenoxy) is 1. The second-order valence-corrected chi connectivity index (χ2v) is 11.1. The van der Waals surface area contributed by atoms with Gasteiger partial charge in [0.25, 0.3) is 0 Å². The van der Waals surface area contributed by atoms with Gasteiger partial charge in [0, 0.05) is 12.0 Å². The lowest BCUT2D eigenvalue weighted by Gasteiger charge is -2.58. The molecule has 0 amide bonds. The molecule has 4 bridgehead atoms. The van der Waals surface area contributed by atoms with Gasteiger partial charge in [0.2, 0.25) is 0 Å². The van der Waals surface area contributed by atoms with Crippen LogP contribution in [0.2, 0.25) is 0 Å². The molecule has 0 heterocycles. The van der Waals surface area contributed by atoms with Crippen LogP contribution in [0.25, 0.3) is 0 Å². The van der Waals surface area contributed by atoms with Crippen molar-refractivity contribution >= 4 is 12.3 Å². The van der Waals surface area contributed by atoms with Gasteiger partial charge >= 0.3 is 5.97 Å². The van der Waals surface area contributed by atoms with Gasteiger partial charge in [-0.1, -0.05) is 65.0 Å². The van der Waals surface area contributed by atoms with E-state index in [0.717, 1.165) is 44.0 Å². The second kappa shape index (κ2) is 7.76. The highest BCUT2D eigenvalue weighted by molar-refractivity contribution is 5.90. The lowest BCUT2D eigenvalue weighted by atomic mass is 9.43.